The van der Waals surface area contributed by atoms with E-state index in [4.69, 9.17) is 9.26 Å². The summed E-state index contributed by atoms with van der Waals surface area (Å²) in [4.78, 5) is 21.0. The third-order valence-electron chi connectivity index (χ3n) is 5.55. The summed E-state index contributed by atoms with van der Waals surface area (Å²) < 4.78 is 12.7. The van der Waals surface area contributed by atoms with Crippen molar-refractivity contribution in [3.63, 3.8) is 0 Å². The molecule has 0 N–H and O–H groups in total. The summed E-state index contributed by atoms with van der Waals surface area (Å²) >= 11 is 0. The molecule has 0 saturated carbocycles. The highest BCUT2D eigenvalue weighted by molar-refractivity contribution is 5.92. The van der Waals surface area contributed by atoms with Gasteiger partial charge in [0.2, 0.25) is 0 Å². The summed E-state index contributed by atoms with van der Waals surface area (Å²) in [6.45, 7) is 3.81. The van der Waals surface area contributed by atoms with Gasteiger partial charge in [0, 0.05) is 31.7 Å². The maximum Gasteiger partial charge on any atom is 0.276 e. The minimum Gasteiger partial charge on any atom is -0.486 e. The van der Waals surface area contributed by atoms with Crippen LogP contribution >= 0.6 is 0 Å². The molecule has 1 atom stereocenters. The van der Waals surface area contributed by atoms with Gasteiger partial charge in [0.25, 0.3) is 5.91 Å². The van der Waals surface area contributed by atoms with E-state index in [-0.39, 0.29) is 12.5 Å². The number of nitrogens with zero attached hydrogens (tertiary/aromatic N) is 6. The molecule has 0 spiro atoms. The molecule has 0 aliphatic carbocycles. The Hall–Kier alpha value is -3.20. The number of amides is 1. The lowest BCUT2D eigenvalue weighted by molar-refractivity contribution is 0.0561. The van der Waals surface area contributed by atoms with Crippen LogP contribution in [0.2, 0.25) is 0 Å². The molecule has 2 saturated heterocycles. The monoisotopic (exact) mass is 394 g/mol. The van der Waals surface area contributed by atoms with Crippen molar-refractivity contribution in [2.24, 2.45) is 0 Å². The smallest absolute Gasteiger partial charge is 0.276 e. The van der Waals surface area contributed by atoms with E-state index in [1.165, 1.54) is 12.7 Å². The van der Waals surface area contributed by atoms with Crippen molar-refractivity contribution in [1.29, 1.82) is 0 Å². The second kappa shape index (κ2) is 7.67. The van der Waals surface area contributed by atoms with Gasteiger partial charge in [-0.2, -0.15) is 5.10 Å². The van der Waals surface area contributed by atoms with Crippen molar-refractivity contribution >= 4 is 5.91 Å². The van der Waals surface area contributed by atoms with Gasteiger partial charge >= 0.3 is 0 Å². The van der Waals surface area contributed by atoms with Crippen LogP contribution in [-0.4, -0.2) is 67.8 Å². The van der Waals surface area contributed by atoms with Crippen LogP contribution in [0.5, 0.6) is 5.75 Å². The SMILES string of the molecule is O=C(c1cc(COc2ccc(-n3cncn3)cc2)on1)N1CCN2CCCC2C1. The molecule has 5 rings (SSSR count). The molecule has 2 aliphatic rings. The first-order chi connectivity index (χ1) is 14.3. The maximum atomic E-state index is 12.8. The van der Waals surface area contributed by atoms with Crippen LogP contribution in [0, 0.1) is 0 Å². The Morgan fingerprint density at radius 1 is 1.21 bits per heavy atom. The Kier molecular flexibility index (Phi) is 4.73. The number of benzene rings is 1. The van der Waals surface area contributed by atoms with Gasteiger partial charge in [-0.1, -0.05) is 5.16 Å². The Morgan fingerprint density at radius 3 is 2.93 bits per heavy atom. The molecule has 1 amide bonds. The average molecular weight is 394 g/mol. The van der Waals surface area contributed by atoms with E-state index in [0.717, 1.165) is 38.3 Å². The fourth-order valence-electron chi connectivity index (χ4n) is 4.01. The highest BCUT2D eigenvalue weighted by Crippen LogP contribution is 2.23. The average Bonchev–Trinajstić information content (AvgIpc) is 3.53. The zero-order valence-corrected chi connectivity index (χ0v) is 16.0. The van der Waals surface area contributed by atoms with Gasteiger partial charge < -0.3 is 14.2 Å². The van der Waals surface area contributed by atoms with E-state index in [9.17, 15) is 4.79 Å². The standard InChI is InChI=1S/C20H22N6O3/c27-20(25-9-8-24-7-1-2-16(24)11-25)19-10-18(29-23-19)12-28-17-5-3-15(4-6-17)26-14-21-13-22-26/h3-6,10,13-14,16H,1-2,7-9,11-12H2. The van der Waals surface area contributed by atoms with E-state index in [0.29, 0.717) is 23.2 Å². The van der Waals surface area contributed by atoms with Crippen LogP contribution < -0.4 is 4.74 Å². The molecule has 0 radical (unpaired) electrons. The fourth-order valence-corrected chi connectivity index (χ4v) is 4.01. The number of hydrogen-bond acceptors (Lipinski definition) is 7. The molecule has 2 aromatic heterocycles. The number of aromatic nitrogens is 4. The molecule has 1 unspecified atom stereocenters. The van der Waals surface area contributed by atoms with Gasteiger partial charge in [0.15, 0.2) is 11.5 Å². The van der Waals surface area contributed by atoms with E-state index < -0.39 is 0 Å². The zero-order valence-electron chi connectivity index (χ0n) is 16.0. The van der Waals surface area contributed by atoms with Crippen molar-refractivity contribution in [1.82, 2.24) is 29.7 Å². The van der Waals surface area contributed by atoms with Crippen LogP contribution in [0.4, 0.5) is 0 Å². The summed E-state index contributed by atoms with van der Waals surface area (Å²) in [5, 5.41) is 8.05. The maximum absolute atomic E-state index is 12.8. The summed E-state index contributed by atoms with van der Waals surface area (Å²) in [6.07, 6.45) is 5.51. The highest BCUT2D eigenvalue weighted by Gasteiger charge is 2.33. The quantitative estimate of drug-likeness (QED) is 0.651. The van der Waals surface area contributed by atoms with Crippen LogP contribution in [0.1, 0.15) is 29.1 Å². The third kappa shape index (κ3) is 3.73. The number of carbonyl (C=O) groups excluding carboxylic acids is 1. The van der Waals surface area contributed by atoms with Gasteiger partial charge in [-0.05, 0) is 43.7 Å². The van der Waals surface area contributed by atoms with Crippen molar-refractivity contribution in [3.8, 4) is 11.4 Å². The van der Waals surface area contributed by atoms with Gasteiger partial charge in [0.05, 0.1) is 5.69 Å². The lowest BCUT2D eigenvalue weighted by Gasteiger charge is -2.37. The van der Waals surface area contributed by atoms with E-state index >= 15 is 0 Å². The molecular weight excluding hydrogens is 372 g/mol. The first-order valence-corrected chi connectivity index (χ1v) is 9.83. The van der Waals surface area contributed by atoms with E-state index in [1.807, 2.05) is 29.2 Å². The molecule has 0 bridgehead atoms. The van der Waals surface area contributed by atoms with E-state index in [1.54, 1.807) is 17.1 Å². The molecule has 2 aliphatic heterocycles. The highest BCUT2D eigenvalue weighted by atomic mass is 16.5. The molecule has 1 aromatic carbocycles. The minimum atomic E-state index is -0.0660. The minimum absolute atomic E-state index is 0.0660. The Morgan fingerprint density at radius 2 is 2.10 bits per heavy atom. The van der Waals surface area contributed by atoms with Gasteiger partial charge in [-0.15, -0.1) is 0 Å². The molecule has 9 heteroatoms. The van der Waals surface area contributed by atoms with Crippen LogP contribution in [0.25, 0.3) is 5.69 Å². The fraction of sp³-hybridized carbons (Fsp3) is 0.400. The number of rotatable bonds is 5. The summed E-state index contributed by atoms with van der Waals surface area (Å²) in [5.41, 5.74) is 1.24. The molecule has 150 valence electrons. The molecular formula is C20H22N6O3. The zero-order chi connectivity index (χ0) is 19.6. The van der Waals surface area contributed by atoms with Gasteiger partial charge in [-0.25, -0.2) is 9.67 Å². The van der Waals surface area contributed by atoms with Gasteiger partial charge in [-0.3, -0.25) is 9.69 Å². The molecule has 9 nitrogen and oxygen atoms in total. The van der Waals surface area contributed by atoms with Crippen molar-refractivity contribution in [3.05, 3.63) is 54.4 Å². The lowest BCUT2D eigenvalue weighted by atomic mass is 10.1. The first-order valence-electron chi connectivity index (χ1n) is 9.83. The number of ether oxygens (including phenoxy) is 1. The molecule has 4 heterocycles. The second-order valence-corrected chi connectivity index (χ2v) is 7.38. The van der Waals surface area contributed by atoms with Crippen LogP contribution in [0.3, 0.4) is 0 Å². The lowest BCUT2D eigenvalue weighted by Crippen LogP contribution is -2.52. The van der Waals surface area contributed by atoms with Crippen molar-refractivity contribution in [2.75, 3.05) is 26.2 Å². The topological polar surface area (TPSA) is 89.5 Å². The Bertz CT molecular complexity index is 969. The van der Waals surface area contributed by atoms with Crippen LogP contribution in [0.15, 0.2) is 47.5 Å². The van der Waals surface area contributed by atoms with Crippen LogP contribution in [-0.2, 0) is 6.61 Å². The summed E-state index contributed by atoms with van der Waals surface area (Å²) in [7, 11) is 0. The third-order valence-corrected chi connectivity index (χ3v) is 5.55. The predicted molar refractivity (Wildman–Crippen MR) is 103 cm³/mol. The number of carbonyl (C=O) groups is 1. The summed E-state index contributed by atoms with van der Waals surface area (Å²) in [5.74, 6) is 1.15. The van der Waals surface area contributed by atoms with E-state index in [2.05, 4.69) is 20.1 Å². The number of fused-ring (bicyclic) bond motifs is 1. The van der Waals surface area contributed by atoms with Crippen molar-refractivity contribution in [2.45, 2.75) is 25.5 Å². The predicted octanol–water partition coefficient (Wildman–Crippen LogP) is 1.75. The van der Waals surface area contributed by atoms with Gasteiger partial charge in [0.1, 0.15) is 25.0 Å². The Balaban J connectivity index is 1.18. The normalized spacial score (nSPS) is 19.3. The second-order valence-electron chi connectivity index (χ2n) is 7.38. The summed E-state index contributed by atoms with van der Waals surface area (Å²) in [6, 6.07) is 9.64. The Labute approximate surface area is 167 Å². The molecule has 29 heavy (non-hydrogen) atoms. The van der Waals surface area contributed by atoms with Crippen molar-refractivity contribution < 1.29 is 14.1 Å². The number of piperazine rings is 1. The molecule has 2 fully saturated rings. The first kappa shape index (κ1) is 17.9. The molecule has 3 aromatic rings. The number of hydrogen-bond donors (Lipinski definition) is 0. The largest absolute Gasteiger partial charge is 0.486 e.